The fourth-order valence-electron chi connectivity index (χ4n) is 8.20. The zero-order valence-corrected chi connectivity index (χ0v) is 63.5. The van der Waals surface area contributed by atoms with Crippen LogP contribution in [0, 0.1) is 73.8 Å². The maximum absolute atomic E-state index is 12.2. The molecule has 10 rings (SSSR count). The Morgan fingerprint density at radius 3 is 0.914 bits per heavy atom. The van der Waals surface area contributed by atoms with Crippen LogP contribution in [0.3, 0.4) is 0 Å². The third-order valence-electron chi connectivity index (χ3n) is 13.2. The number of phenols is 10. The van der Waals surface area contributed by atoms with Crippen LogP contribution in [0.25, 0.3) is 24.2 Å². The fourth-order valence-corrected chi connectivity index (χ4v) is 20.5. The van der Waals surface area contributed by atoms with Gasteiger partial charge in [0.1, 0.15) is 83.9 Å². The summed E-state index contributed by atoms with van der Waals surface area (Å²) in [4.78, 5) is 66.4. The molecule has 0 unspecified atom stereocenters. The highest BCUT2D eigenvalue weighted by Gasteiger charge is 2.36. The van der Waals surface area contributed by atoms with Crippen LogP contribution in [-0.2, 0) is 49.0 Å². The van der Waals surface area contributed by atoms with Crippen molar-refractivity contribution in [1.82, 2.24) is 0 Å². The number of esters is 4. The predicted molar refractivity (Wildman–Crippen MR) is 399 cm³/mol. The molecular formula is C69H52N8O18S10. The van der Waals surface area contributed by atoms with E-state index in [4.69, 9.17) is 62.9 Å². The van der Waals surface area contributed by atoms with Gasteiger partial charge in [-0.05, 0) is 65.8 Å². The molecule has 26 nitrogen and oxygen atoms in total. The average Bonchev–Trinajstić information content (AvgIpc) is 1.73. The first-order chi connectivity index (χ1) is 49.6. The van der Waals surface area contributed by atoms with Crippen molar-refractivity contribution >= 4 is 141 Å². The maximum atomic E-state index is 12.2. The molecule has 5 aromatic carbocycles. The van der Waals surface area contributed by atoms with Crippen molar-refractivity contribution in [1.29, 1.82) is 15.8 Å². The Labute approximate surface area is 643 Å². The first-order valence-electron chi connectivity index (χ1n) is 29.0. The van der Waals surface area contributed by atoms with Gasteiger partial charge in [0.15, 0.2) is 0 Å². The third kappa shape index (κ3) is 20.1. The van der Waals surface area contributed by atoms with Gasteiger partial charge in [0.2, 0.25) is 0 Å². The minimum Gasteiger partial charge on any atom is -0.507 e. The van der Waals surface area contributed by atoms with Gasteiger partial charge in [-0.25, -0.2) is 49.6 Å². The minimum atomic E-state index is -0.874. The number of hydrogen-bond acceptors (Lipinski definition) is 31. The summed E-state index contributed by atoms with van der Waals surface area (Å²) in [5.41, 5.74) is 0.456. The first-order valence-corrected chi connectivity index (χ1v) is 37.1. The molecule has 0 bridgehead atoms. The second-order valence-electron chi connectivity index (χ2n) is 22.3. The lowest BCUT2D eigenvalue weighted by atomic mass is 9.86. The van der Waals surface area contributed by atoms with Crippen LogP contribution in [0.1, 0.15) is 58.2 Å². The van der Waals surface area contributed by atoms with Crippen molar-refractivity contribution in [3.8, 4) is 75.7 Å². The number of rotatable bonds is 10. The number of hydrogen-bond donors (Lipinski definition) is 10. The van der Waals surface area contributed by atoms with E-state index in [9.17, 15) is 70.2 Å². The quantitative estimate of drug-likeness (QED) is 0.0118. The molecule has 5 aromatic rings. The number of allylic oxidation sites excluding steroid dienone is 3. The molecule has 0 atom stereocenters. The summed E-state index contributed by atoms with van der Waals surface area (Å²) in [6, 6.07) is 15.4. The van der Waals surface area contributed by atoms with Crippen molar-refractivity contribution in [2.45, 2.75) is 108 Å². The van der Waals surface area contributed by atoms with E-state index >= 15 is 0 Å². The summed E-state index contributed by atoms with van der Waals surface area (Å²) in [6.07, 6.45) is 1.97. The fraction of sp³-hybridized carbons (Fsp3) is 0.188. The summed E-state index contributed by atoms with van der Waals surface area (Å²) in [6.45, 7) is 54.1. The standard InChI is InChI=1S/C19H19NO6S2.C15H11NO6S2.C14H12N2O2S2.C11H6N2O2S2.C10H4N2O2S2/c1-6-12(22)25-7-8-26-17(24)13(20-5)18-27-15-11(21)9-10(19(2,3)4)14(23)16(15)28-18;1-3-10(19)21-6-7-22-14(20)11(16-2)15-23-12-8(17)4-5-9(18)13(12)24-15;1-14(2,3)7-5-9(17)11-12(10(7)18)20-13(19-11)8(6-15)16-4;1-5-3-7(14)9-10(8(5)15)17-11(16-9)6(4-12)13-2;1-12-5(4-11)10-15-8-6(13)2-3-7(14)9(8)16-10/h6,9,21,23H,1,7-8H2,2-4H3;3-5,17-18H,1,6-7H2;5,17-18H,1-3H3;3,14-15H,1H3;2-3,13-14H/b18-13-;;13-8-;11-6-;. The van der Waals surface area contributed by atoms with Gasteiger partial charge in [-0.3, -0.25) is 9.59 Å². The van der Waals surface area contributed by atoms with E-state index in [1.807, 2.05) is 47.6 Å². The molecule has 0 aliphatic carbocycles. The molecule has 105 heavy (non-hydrogen) atoms. The van der Waals surface area contributed by atoms with Gasteiger partial charge < -0.3 is 70.0 Å². The number of carbonyl (C=O) groups is 4. The number of nitriles is 3. The van der Waals surface area contributed by atoms with Crippen molar-refractivity contribution in [2.24, 2.45) is 0 Å². The first kappa shape index (κ1) is 83.5. The van der Waals surface area contributed by atoms with Crippen LogP contribution in [0.4, 0.5) is 0 Å². The van der Waals surface area contributed by atoms with Crippen LogP contribution in [0.5, 0.6) is 57.5 Å². The molecule has 0 saturated carbocycles. The lowest BCUT2D eigenvalue weighted by molar-refractivity contribution is -0.146. The van der Waals surface area contributed by atoms with Gasteiger partial charge in [0.25, 0.3) is 28.5 Å². The molecule has 0 fully saturated rings. The second kappa shape index (κ2) is 36.8. The predicted octanol–water partition coefficient (Wildman–Crippen LogP) is 16.9. The van der Waals surface area contributed by atoms with Crippen LogP contribution < -0.4 is 0 Å². The second-order valence-corrected chi connectivity index (χ2v) is 33.8. The number of ether oxygens (including phenoxy) is 4. The van der Waals surface area contributed by atoms with E-state index in [-0.39, 0.29) is 118 Å². The molecule has 5 heterocycles. The number of aromatic hydroxyl groups is 10. The number of nitrogens with zero attached hydrogens (tertiary/aromatic N) is 8. The van der Waals surface area contributed by atoms with Crippen molar-refractivity contribution in [3.63, 3.8) is 0 Å². The monoisotopic (exact) mass is 1600 g/mol. The Morgan fingerprint density at radius 2 is 0.648 bits per heavy atom. The largest absolute Gasteiger partial charge is 0.507 e. The maximum Gasteiger partial charge on any atom is 0.338 e. The molecule has 10 N–H and O–H groups in total. The van der Waals surface area contributed by atoms with Crippen molar-refractivity contribution in [2.75, 3.05) is 26.4 Å². The Bertz CT molecular complexity index is 4920. The van der Waals surface area contributed by atoms with E-state index in [0.717, 1.165) is 130 Å². The average molecular weight is 1600 g/mol. The van der Waals surface area contributed by atoms with E-state index in [2.05, 4.69) is 42.1 Å². The molecule has 0 aromatic heterocycles. The summed E-state index contributed by atoms with van der Waals surface area (Å²) in [7, 11) is 0. The van der Waals surface area contributed by atoms with Crippen molar-refractivity contribution < 1.29 is 89.2 Å². The van der Waals surface area contributed by atoms with Gasteiger partial charge in [-0.2, -0.15) is 0 Å². The van der Waals surface area contributed by atoms with Crippen LogP contribution >= 0.6 is 118 Å². The van der Waals surface area contributed by atoms with E-state index < -0.39 is 29.3 Å². The number of benzene rings is 5. The van der Waals surface area contributed by atoms with Gasteiger partial charge in [-0.1, -0.05) is 172 Å². The molecule has 0 radical (unpaired) electrons. The van der Waals surface area contributed by atoms with E-state index in [1.165, 1.54) is 36.4 Å². The molecule has 36 heteroatoms. The zero-order chi connectivity index (χ0) is 78.1. The SMILES string of the molecule is [C-]#[N+]/C(C#N)=C1/Sc2c(O)cc(C(C)(C)C)c(O)c2S1.[C-]#[N+]/C(C#N)=C1/Sc2c(O)cc(C)c(O)c2S1.[C-]#[N+]/C(C(=O)OCCOC(=O)C=C)=C1/Sc2c(O)cc(C(C)(C)C)c(O)c2S1.[C-]#[N+]C(C#N)=C1Sc2c(O)ccc(O)c2S1.[C-]#[N+]C(C(=O)OCCOC(=O)C=C)=C1Sc2c(O)ccc(O)c2S1. The Morgan fingerprint density at radius 1 is 0.400 bits per heavy atom. The summed E-state index contributed by atoms with van der Waals surface area (Å²) in [5.74, 6) is -2.73. The number of carbonyl (C=O) groups excluding carboxylic acids is 4. The number of fused-ring (bicyclic) bond motifs is 5. The van der Waals surface area contributed by atoms with Crippen molar-refractivity contribution in [3.05, 3.63) is 191 Å². The Balaban J connectivity index is 0.000000209. The third-order valence-corrected chi connectivity index (χ3v) is 26.2. The lowest BCUT2D eigenvalue weighted by Crippen LogP contribution is -2.13. The molecular weight excluding hydrogens is 1550 g/mol. The normalized spacial score (nSPS) is 14.3. The molecule has 0 amide bonds. The van der Waals surface area contributed by atoms with Gasteiger partial charge >= 0.3 is 23.9 Å². The molecule has 0 spiro atoms. The lowest BCUT2D eigenvalue weighted by Gasteiger charge is -2.22. The smallest absolute Gasteiger partial charge is 0.338 e. The van der Waals surface area contributed by atoms with E-state index in [0.29, 0.717) is 86.8 Å². The molecule has 536 valence electrons. The van der Waals surface area contributed by atoms with Gasteiger partial charge in [-0.15, -0.1) is 0 Å². The van der Waals surface area contributed by atoms with Crippen LogP contribution in [0.15, 0.2) is 166 Å². The Kier molecular flexibility index (Phi) is 29.3. The number of phenolic OH excluding ortho intramolecular Hbond substituents is 10. The summed E-state index contributed by atoms with van der Waals surface area (Å²) >= 11 is 10.9. The summed E-state index contributed by atoms with van der Waals surface area (Å²) < 4.78 is 21.3. The molecule has 5 aliphatic heterocycles. The van der Waals surface area contributed by atoms with Gasteiger partial charge in [0, 0.05) is 23.3 Å². The highest BCUT2D eigenvalue weighted by Crippen LogP contribution is 2.64. The number of aryl methyl sites for hydroxylation is 1. The summed E-state index contributed by atoms with van der Waals surface area (Å²) in [5, 5.41) is 126. The highest BCUT2D eigenvalue weighted by molar-refractivity contribution is 8.26. The van der Waals surface area contributed by atoms with E-state index in [1.54, 1.807) is 25.1 Å². The van der Waals surface area contributed by atoms with Crippen LogP contribution in [-0.4, -0.2) is 101 Å². The zero-order valence-electron chi connectivity index (χ0n) is 55.3. The minimum absolute atomic E-state index is 0.0156. The van der Waals surface area contributed by atoms with Crippen LogP contribution in [0.2, 0.25) is 0 Å². The number of thioether (sulfide) groups is 10. The van der Waals surface area contributed by atoms with Gasteiger partial charge in [0.05, 0.1) is 121 Å². The molecule has 5 aliphatic rings. The highest BCUT2D eigenvalue weighted by atomic mass is 32.2. The molecule has 0 saturated heterocycles. The Hall–Kier alpha value is -10.4. The topological polar surface area (TPSA) is 401 Å².